The van der Waals surface area contributed by atoms with Crippen molar-refractivity contribution in [3.63, 3.8) is 0 Å². The molecule has 1 aliphatic heterocycles. The number of hydrogen-bond donors (Lipinski definition) is 2. The lowest BCUT2D eigenvalue weighted by molar-refractivity contribution is 0.0963. The molecule has 1 heterocycles. The molecule has 1 atom stereocenters. The maximum absolute atomic E-state index is 11.8. The fourth-order valence-corrected chi connectivity index (χ4v) is 3.61. The molecule has 3 rings (SSSR count). The van der Waals surface area contributed by atoms with Gasteiger partial charge in [0.1, 0.15) is 0 Å². The van der Waals surface area contributed by atoms with Gasteiger partial charge in [0.2, 0.25) is 0 Å². The maximum atomic E-state index is 11.8. The molecule has 0 saturated carbocycles. The first-order valence-corrected chi connectivity index (χ1v) is 9.53. The minimum atomic E-state index is -0.0513. The molecule has 2 aromatic rings. The van der Waals surface area contributed by atoms with Crippen LogP contribution >= 0.6 is 24.0 Å². The Hall–Kier alpha value is -2.09. The van der Waals surface area contributed by atoms with Crippen molar-refractivity contribution < 1.29 is 4.79 Å². The molecule has 0 bridgehead atoms. The van der Waals surface area contributed by atoms with Gasteiger partial charge < -0.3 is 15.5 Å². The van der Waals surface area contributed by atoms with E-state index < -0.39 is 0 Å². The van der Waals surface area contributed by atoms with Gasteiger partial charge in [-0.25, -0.2) is 0 Å². The normalized spacial score (nSPS) is 16.4. The van der Waals surface area contributed by atoms with E-state index >= 15 is 0 Å². The summed E-state index contributed by atoms with van der Waals surface area (Å²) in [5, 5.41) is 6.14. The average molecular weight is 492 g/mol. The van der Waals surface area contributed by atoms with E-state index in [1.165, 1.54) is 5.56 Å². The standard InChI is InChI=1S/C22H28N4O.HI/c1-23-21(27)19-10-6-7-17(15-19)11-13-25-22(24-2)26-14-12-20(16-26)18-8-4-3-5-9-18;/h3-10,15,20H,11-14,16H2,1-2H3,(H,23,27)(H,24,25);1H. The number of halogens is 1. The molecule has 0 aromatic heterocycles. The van der Waals surface area contributed by atoms with Gasteiger partial charge in [-0.2, -0.15) is 0 Å². The van der Waals surface area contributed by atoms with Crippen molar-refractivity contribution in [1.82, 2.24) is 15.5 Å². The molecule has 0 radical (unpaired) electrons. The van der Waals surface area contributed by atoms with Gasteiger partial charge in [-0.15, -0.1) is 24.0 Å². The molecule has 2 aromatic carbocycles. The number of nitrogens with one attached hydrogen (secondary N) is 2. The summed E-state index contributed by atoms with van der Waals surface area (Å²) in [6.07, 6.45) is 2.00. The Balaban J connectivity index is 0.00000280. The molecule has 1 saturated heterocycles. The van der Waals surface area contributed by atoms with Crippen LogP contribution in [0.2, 0.25) is 0 Å². The van der Waals surface area contributed by atoms with Gasteiger partial charge in [-0.1, -0.05) is 42.5 Å². The molecule has 5 nitrogen and oxygen atoms in total. The summed E-state index contributed by atoms with van der Waals surface area (Å²) in [4.78, 5) is 18.6. The van der Waals surface area contributed by atoms with Crippen LogP contribution in [0.5, 0.6) is 0 Å². The smallest absolute Gasteiger partial charge is 0.251 e. The zero-order valence-electron chi connectivity index (χ0n) is 16.5. The molecular weight excluding hydrogens is 463 g/mol. The summed E-state index contributed by atoms with van der Waals surface area (Å²) < 4.78 is 0. The van der Waals surface area contributed by atoms with Crippen molar-refractivity contribution in [3.05, 3.63) is 71.3 Å². The van der Waals surface area contributed by atoms with Crippen molar-refractivity contribution in [2.75, 3.05) is 33.7 Å². The second kappa shape index (κ2) is 11.0. The van der Waals surface area contributed by atoms with Crippen LogP contribution in [0.25, 0.3) is 0 Å². The molecule has 0 aliphatic carbocycles. The van der Waals surface area contributed by atoms with Crippen LogP contribution in [-0.2, 0) is 6.42 Å². The first-order valence-electron chi connectivity index (χ1n) is 9.53. The molecule has 28 heavy (non-hydrogen) atoms. The number of benzene rings is 2. The Labute approximate surface area is 184 Å². The average Bonchev–Trinajstić information content (AvgIpc) is 3.21. The lowest BCUT2D eigenvalue weighted by atomic mass is 9.99. The number of rotatable bonds is 5. The highest BCUT2D eigenvalue weighted by Crippen LogP contribution is 2.26. The van der Waals surface area contributed by atoms with Crippen LogP contribution in [0.1, 0.15) is 33.8 Å². The van der Waals surface area contributed by atoms with Gasteiger partial charge in [-0.05, 0) is 36.1 Å². The first-order chi connectivity index (χ1) is 13.2. The Morgan fingerprint density at radius 3 is 2.68 bits per heavy atom. The maximum Gasteiger partial charge on any atom is 0.251 e. The number of likely N-dealkylation sites (tertiary alicyclic amines) is 1. The van der Waals surface area contributed by atoms with E-state index in [-0.39, 0.29) is 29.9 Å². The van der Waals surface area contributed by atoms with Crippen molar-refractivity contribution in [2.45, 2.75) is 18.8 Å². The molecule has 1 fully saturated rings. The van der Waals surface area contributed by atoms with E-state index in [2.05, 4.69) is 56.9 Å². The van der Waals surface area contributed by atoms with Crippen molar-refractivity contribution in [3.8, 4) is 0 Å². The predicted octanol–water partition coefficient (Wildman–Crippen LogP) is 3.27. The molecule has 6 heteroatoms. The summed E-state index contributed by atoms with van der Waals surface area (Å²) in [6, 6.07) is 18.5. The SMILES string of the molecule is CN=C(NCCc1cccc(C(=O)NC)c1)N1CCC(c2ccccc2)C1.I. The highest BCUT2D eigenvalue weighted by atomic mass is 127. The molecule has 0 spiro atoms. The van der Waals surface area contributed by atoms with Crippen LogP contribution < -0.4 is 10.6 Å². The summed E-state index contributed by atoms with van der Waals surface area (Å²) in [6.45, 7) is 2.80. The van der Waals surface area contributed by atoms with Crippen molar-refractivity contribution >= 4 is 35.8 Å². The molecule has 1 aliphatic rings. The van der Waals surface area contributed by atoms with Gasteiger partial charge in [0.25, 0.3) is 5.91 Å². The molecule has 2 N–H and O–H groups in total. The number of amides is 1. The van der Waals surface area contributed by atoms with Crippen molar-refractivity contribution in [2.24, 2.45) is 4.99 Å². The zero-order chi connectivity index (χ0) is 19.1. The van der Waals surface area contributed by atoms with Crippen LogP contribution in [-0.4, -0.2) is 50.5 Å². The van der Waals surface area contributed by atoms with Gasteiger partial charge in [-0.3, -0.25) is 9.79 Å². The summed E-state index contributed by atoms with van der Waals surface area (Å²) in [5.74, 6) is 1.47. The van der Waals surface area contributed by atoms with Gasteiger partial charge in [0.05, 0.1) is 0 Å². The second-order valence-electron chi connectivity index (χ2n) is 6.85. The van der Waals surface area contributed by atoms with Crippen molar-refractivity contribution in [1.29, 1.82) is 0 Å². The highest BCUT2D eigenvalue weighted by molar-refractivity contribution is 14.0. The third-order valence-electron chi connectivity index (χ3n) is 5.08. The summed E-state index contributed by atoms with van der Waals surface area (Å²) in [5.41, 5.74) is 3.24. The molecule has 1 unspecified atom stereocenters. The van der Waals surface area contributed by atoms with Gasteiger partial charge in [0, 0.05) is 45.2 Å². The summed E-state index contributed by atoms with van der Waals surface area (Å²) >= 11 is 0. The zero-order valence-corrected chi connectivity index (χ0v) is 18.9. The van der Waals surface area contributed by atoms with E-state index in [9.17, 15) is 4.79 Å². The summed E-state index contributed by atoms with van der Waals surface area (Å²) in [7, 11) is 3.49. The Morgan fingerprint density at radius 1 is 1.18 bits per heavy atom. The van der Waals surface area contributed by atoms with E-state index in [0.717, 1.165) is 44.0 Å². The first kappa shape index (κ1) is 22.2. The van der Waals surface area contributed by atoms with E-state index in [0.29, 0.717) is 11.5 Å². The van der Waals surface area contributed by atoms with E-state index in [1.807, 2.05) is 25.2 Å². The van der Waals surface area contributed by atoms with Crippen LogP contribution in [0.3, 0.4) is 0 Å². The van der Waals surface area contributed by atoms with Gasteiger partial charge in [0.15, 0.2) is 5.96 Å². The molecule has 1 amide bonds. The Kier molecular flexibility index (Phi) is 8.76. The Bertz CT molecular complexity index is 794. The minimum Gasteiger partial charge on any atom is -0.356 e. The number of carbonyl (C=O) groups excluding carboxylic acids is 1. The largest absolute Gasteiger partial charge is 0.356 e. The van der Waals surface area contributed by atoms with Gasteiger partial charge >= 0.3 is 0 Å². The second-order valence-corrected chi connectivity index (χ2v) is 6.85. The topological polar surface area (TPSA) is 56.7 Å². The van der Waals surface area contributed by atoms with Crippen LogP contribution in [0.15, 0.2) is 59.6 Å². The fourth-order valence-electron chi connectivity index (χ4n) is 3.61. The third-order valence-corrected chi connectivity index (χ3v) is 5.08. The highest BCUT2D eigenvalue weighted by Gasteiger charge is 2.25. The number of guanidine groups is 1. The monoisotopic (exact) mass is 492 g/mol. The molecular formula is C22H29IN4O. The molecule has 150 valence electrons. The quantitative estimate of drug-likeness (QED) is 0.383. The van der Waals surface area contributed by atoms with E-state index in [1.54, 1.807) is 7.05 Å². The number of aliphatic imine (C=N–C) groups is 1. The van der Waals surface area contributed by atoms with Crippen LogP contribution in [0.4, 0.5) is 0 Å². The number of carbonyl (C=O) groups is 1. The predicted molar refractivity (Wildman–Crippen MR) is 126 cm³/mol. The number of hydrogen-bond acceptors (Lipinski definition) is 2. The van der Waals surface area contributed by atoms with Crippen LogP contribution in [0, 0.1) is 0 Å². The lowest BCUT2D eigenvalue weighted by Crippen LogP contribution is -2.40. The Morgan fingerprint density at radius 2 is 1.96 bits per heavy atom. The third kappa shape index (κ3) is 5.70. The number of nitrogens with zero attached hydrogens (tertiary/aromatic N) is 2. The van der Waals surface area contributed by atoms with E-state index in [4.69, 9.17) is 0 Å². The minimum absolute atomic E-state index is 0. The fraction of sp³-hybridized carbons (Fsp3) is 0.364. The lowest BCUT2D eigenvalue weighted by Gasteiger charge is -2.22.